The quantitative estimate of drug-likeness (QED) is 0.0299. The van der Waals surface area contributed by atoms with E-state index in [1.807, 2.05) is 7.05 Å². The smallest absolute Gasteiger partial charge is 0.335 e. The maximum absolute atomic E-state index is 13.6. The maximum atomic E-state index is 13.6. The number of rotatable bonds is 29. The Morgan fingerprint density at radius 3 is 1.19 bits per heavy atom. The van der Waals surface area contributed by atoms with Crippen molar-refractivity contribution in [1.82, 2.24) is 67.4 Å². The van der Waals surface area contributed by atoms with Crippen molar-refractivity contribution in [2.75, 3.05) is 77.0 Å². The van der Waals surface area contributed by atoms with Crippen molar-refractivity contribution in [3.63, 3.8) is 0 Å². The van der Waals surface area contributed by atoms with E-state index in [4.69, 9.17) is 5.73 Å². The summed E-state index contributed by atoms with van der Waals surface area (Å²) in [5.74, 6) is -6.07. The molecule has 0 radical (unpaired) electrons. The number of anilines is 7. The molecule has 0 saturated heterocycles. The van der Waals surface area contributed by atoms with Crippen molar-refractivity contribution < 1.29 is 57.8 Å². The number of carboxylic acids is 1. The summed E-state index contributed by atoms with van der Waals surface area (Å²) in [5.41, 5.74) is 9.67. The zero-order valence-corrected chi connectivity index (χ0v) is 55.6. The first-order chi connectivity index (χ1) is 47.1. The van der Waals surface area contributed by atoms with Gasteiger partial charge in [0.15, 0.2) is 11.6 Å². The molecule has 1 atom stereocenters. The summed E-state index contributed by atoms with van der Waals surface area (Å²) >= 11 is 0. The third kappa shape index (κ3) is 17.7. The molecule has 0 aliphatic carbocycles. The van der Waals surface area contributed by atoms with Gasteiger partial charge in [-0.25, -0.2) is 14.8 Å². The van der Waals surface area contributed by atoms with Gasteiger partial charge in [-0.2, -0.15) is 0 Å². The summed E-state index contributed by atoms with van der Waals surface area (Å²) in [6.07, 6.45) is 15.2. The van der Waals surface area contributed by atoms with Gasteiger partial charge < -0.3 is 105 Å². The first-order valence-corrected chi connectivity index (χ1v) is 30.9. The topological polar surface area (TPSA) is 423 Å². The van der Waals surface area contributed by atoms with E-state index in [1.165, 1.54) is 96.2 Å². The van der Waals surface area contributed by atoms with Crippen LogP contribution in [0.2, 0.25) is 0 Å². The number of benzene rings is 1. The van der Waals surface area contributed by atoms with Crippen LogP contribution in [0.25, 0.3) is 0 Å². The summed E-state index contributed by atoms with van der Waals surface area (Å²) in [7, 11) is 14.9. The zero-order valence-electron chi connectivity index (χ0n) is 55.6. The molecule has 34 heteroatoms. The van der Waals surface area contributed by atoms with Crippen LogP contribution in [0.3, 0.4) is 0 Å². The number of aromatic carboxylic acids is 1. The summed E-state index contributed by atoms with van der Waals surface area (Å²) < 4.78 is 12.1. The van der Waals surface area contributed by atoms with Crippen LogP contribution >= 0.6 is 0 Å². The second-order valence-electron chi connectivity index (χ2n) is 23.5. The normalized spacial score (nSPS) is 11.4. The molecule has 0 spiro atoms. The lowest BCUT2D eigenvalue weighted by molar-refractivity contribution is -0.117. The largest absolute Gasteiger partial charge is 0.478 e. The summed E-state index contributed by atoms with van der Waals surface area (Å²) in [6.45, 7) is 2.10. The van der Waals surface area contributed by atoms with E-state index in [2.05, 4.69) is 68.0 Å². The van der Waals surface area contributed by atoms with Gasteiger partial charge in [0.2, 0.25) is 11.7 Å². The van der Waals surface area contributed by atoms with Crippen LogP contribution in [-0.2, 0) is 61.2 Å². The zero-order chi connectivity index (χ0) is 71.5. The van der Waals surface area contributed by atoms with Gasteiger partial charge in [0, 0.05) is 137 Å². The second kappa shape index (κ2) is 30.9. The molecule has 99 heavy (non-hydrogen) atoms. The average molecular weight is 1360 g/mol. The van der Waals surface area contributed by atoms with E-state index in [1.54, 1.807) is 113 Å². The number of hydrogen-bond donors (Lipinski definition) is 12. The minimum atomic E-state index is -1.12. The van der Waals surface area contributed by atoms with Gasteiger partial charge in [0.1, 0.15) is 34.2 Å². The number of hydrogen-bond acceptors (Lipinski definition) is 15. The Hall–Kier alpha value is -12.6. The molecule has 0 aliphatic rings. The number of nitrogens with zero attached hydrogens (tertiary/aromatic N) is 11. The number of carbonyl (C=O) groups excluding carboxylic acids is 10. The first-order valence-electron chi connectivity index (χ1n) is 30.9. The SMILES string of the molecule is CN(CCCNC(=O)c1cccc(C(=O)O)c1)CCCNC(=O)c1cc(NC(=O)c2cc(NC(=O)c3cc(NC(=O)c4nc(NC(=O)[C@H](N)CCNC(=O)c5cc(NC(=O)c6cc(NC(=O)c7cc(NC(=O)c8nccn8C)cn7C)cn6C)cn5C)cn4C)cn3C)cn2C)cn1C. The molecular weight excluding hydrogens is 1280 g/mol. The number of aryl methyl sites for hydroxylation is 8. The highest BCUT2D eigenvalue weighted by atomic mass is 16.4. The molecule has 0 saturated carbocycles. The van der Waals surface area contributed by atoms with Crippen molar-refractivity contribution >= 4 is 105 Å². The van der Waals surface area contributed by atoms with Crippen LogP contribution in [0, 0.1) is 0 Å². The Balaban J connectivity index is 0.674. The van der Waals surface area contributed by atoms with Crippen LogP contribution < -0.4 is 58.9 Å². The molecule has 10 amide bonds. The fourth-order valence-electron chi connectivity index (χ4n) is 10.6. The molecule has 1 aromatic carbocycles. The monoisotopic (exact) mass is 1360 g/mol. The third-order valence-corrected chi connectivity index (χ3v) is 15.8. The molecule has 8 aromatic heterocycles. The van der Waals surface area contributed by atoms with Gasteiger partial charge in [-0.1, -0.05) is 6.07 Å². The van der Waals surface area contributed by atoms with Crippen LogP contribution in [0.4, 0.5) is 39.9 Å². The van der Waals surface area contributed by atoms with E-state index in [0.29, 0.717) is 73.2 Å². The molecule has 0 fully saturated rings. The summed E-state index contributed by atoms with van der Waals surface area (Å²) in [6, 6.07) is 13.6. The molecular formula is C65H76N22O12. The average Bonchev–Trinajstić information content (AvgIpc) is 1.69. The number of carboxylic acid groups (broad SMARTS) is 1. The van der Waals surface area contributed by atoms with E-state index in [0.717, 1.165) is 0 Å². The highest BCUT2D eigenvalue weighted by Gasteiger charge is 2.25. The maximum Gasteiger partial charge on any atom is 0.335 e. The predicted molar refractivity (Wildman–Crippen MR) is 365 cm³/mol. The minimum absolute atomic E-state index is 0.00559. The number of amides is 10. The Morgan fingerprint density at radius 2 is 0.798 bits per heavy atom. The van der Waals surface area contributed by atoms with Crippen molar-refractivity contribution in [3.8, 4) is 0 Å². The molecule has 9 rings (SSSR count). The second-order valence-corrected chi connectivity index (χ2v) is 23.5. The Labute approximate surface area is 565 Å². The van der Waals surface area contributed by atoms with Crippen molar-refractivity contribution in [1.29, 1.82) is 0 Å². The van der Waals surface area contributed by atoms with Crippen LogP contribution in [0.1, 0.15) is 124 Å². The van der Waals surface area contributed by atoms with E-state index >= 15 is 0 Å². The number of imidazole rings is 2. The standard InChI is InChI=1S/C65H76N22O12/c1-79(20-11-16-68-55(88)37-13-10-14-38(23-37)65(98)99)21-12-17-69-57(90)46-24-39(30-81(46)3)71-59(92)48-27-42(33-83(48)5)74-62(95)51-29-44(35-86(51)8)76-64(97)54-77-52(36-87(54)9)78-56(89)45(66)15-18-70-58(91)47-25-40(31-82(47)4)72-60(93)49-26-41(32-84(49)6)73-61(94)50-28-43(34-85(50)7)75-63(96)53-67-19-22-80(53)2/h10,13-14,19,22-36,45H,11-12,15-18,20-21,66H2,1-9H3,(H,68,88)(H,69,90)(H,70,91)(H,71,92)(H,72,93)(H,73,94)(H,74,95)(H,75,96)(H,76,97)(H,78,89)(H,98,99)/t45-/m1/s1. The molecule has 9 aromatic rings. The molecule has 0 bridgehead atoms. The molecule has 13 N–H and O–H groups in total. The fraction of sp³-hybridized carbons (Fsp3) is 0.277. The molecule has 8 heterocycles. The summed E-state index contributed by atoms with van der Waals surface area (Å²) in [4.78, 5) is 154. The lowest BCUT2D eigenvalue weighted by Gasteiger charge is -2.17. The van der Waals surface area contributed by atoms with Crippen LogP contribution in [0.5, 0.6) is 0 Å². The van der Waals surface area contributed by atoms with Gasteiger partial charge >= 0.3 is 5.97 Å². The fourth-order valence-corrected chi connectivity index (χ4v) is 10.6. The van der Waals surface area contributed by atoms with Gasteiger partial charge in [-0.05, 0) is 94.0 Å². The predicted octanol–water partition coefficient (Wildman–Crippen LogP) is 3.35. The highest BCUT2D eigenvalue weighted by molar-refractivity contribution is 6.10. The van der Waals surface area contributed by atoms with E-state index in [9.17, 15) is 57.8 Å². The van der Waals surface area contributed by atoms with Crippen molar-refractivity contribution in [3.05, 3.63) is 173 Å². The third-order valence-electron chi connectivity index (χ3n) is 15.8. The first kappa shape index (κ1) is 70.7. The van der Waals surface area contributed by atoms with Crippen molar-refractivity contribution in [2.24, 2.45) is 62.1 Å². The molecule has 0 unspecified atom stereocenters. The Bertz CT molecular complexity index is 4600. The van der Waals surface area contributed by atoms with Crippen LogP contribution in [0.15, 0.2) is 116 Å². The van der Waals surface area contributed by atoms with Crippen LogP contribution in [-0.4, -0.2) is 167 Å². The van der Waals surface area contributed by atoms with Gasteiger partial charge in [0.05, 0.1) is 45.7 Å². The number of carbonyl (C=O) groups is 11. The summed E-state index contributed by atoms with van der Waals surface area (Å²) in [5, 5.41) is 36.7. The van der Waals surface area contributed by atoms with Gasteiger partial charge in [-0.3, -0.25) is 47.9 Å². The van der Waals surface area contributed by atoms with E-state index < -0.39 is 59.3 Å². The van der Waals surface area contributed by atoms with E-state index in [-0.39, 0.29) is 87.5 Å². The lowest BCUT2D eigenvalue weighted by Crippen LogP contribution is -2.39. The van der Waals surface area contributed by atoms with Gasteiger partial charge in [-0.15, -0.1) is 0 Å². The minimum Gasteiger partial charge on any atom is -0.478 e. The molecule has 518 valence electrons. The Morgan fingerprint density at radius 1 is 0.434 bits per heavy atom. The number of aromatic nitrogens is 10. The van der Waals surface area contributed by atoms with Crippen molar-refractivity contribution in [2.45, 2.75) is 25.3 Å². The molecule has 34 nitrogen and oxygen atoms in total. The molecule has 0 aliphatic heterocycles. The lowest BCUT2D eigenvalue weighted by atomic mass is 10.1. The highest BCUT2D eigenvalue weighted by Crippen LogP contribution is 2.24. The Kier molecular flexibility index (Phi) is 22.1. The van der Waals surface area contributed by atoms with Gasteiger partial charge in [0.25, 0.3) is 53.2 Å². The number of nitrogens with one attached hydrogen (secondary N) is 10. The number of nitrogens with two attached hydrogens (primary N) is 1.